The first-order chi connectivity index (χ1) is 8.41. The number of benzene rings is 2. The van der Waals surface area contributed by atoms with Gasteiger partial charge < -0.3 is 16.2 Å². The quantitative estimate of drug-likeness (QED) is 0.872. The summed E-state index contributed by atoms with van der Waals surface area (Å²) >= 11 is 0. The lowest BCUT2D eigenvalue weighted by Gasteiger charge is -2.27. The lowest BCUT2D eigenvalue weighted by molar-refractivity contribution is 0.415. The van der Waals surface area contributed by atoms with E-state index in [9.17, 15) is 0 Å². The maximum Gasteiger partial charge on any atom is 0.119 e. The van der Waals surface area contributed by atoms with Gasteiger partial charge in [-0.25, -0.2) is 0 Å². The molecular weight excluding hydrogens is 224 g/mol. The highest BCUT2D eigenvalue weighted by molar-refractivity contribution is 5.84. The molecule has 1 unspecified atom stereocenters. The Hall–Kier alpha value is -1.58. The number of rotatable bonds is 3. The molecule has 18 heavy (non-hydrogen) atoms. The lowest BCUT2D eigenvalue weighted by atomic mass is 9.89. The third kappa shape index (κ3) is 2.47. The number of hydrogen-bond acceptors (Lipinski definition) is 3. The van der Waals surface area contributed by atoms with E-state index in [2.05, 4.69) is 12.1 Å². The van der Waals surface area contributed by atoms with Gasteiger partial charge in [0.05, 0.1) is 7.11 Å². The van der Waals surface area contributed by atoms with Gasteiger partial charge >= 0.3 is 0 Å². The second kappa shape index (κ2) is 4.59. The molecule has 0 aliphatic rings. The number of nitrogens with two attached hydrogens (primary N) is 2. The molecule has 3 heteroatoms. The molecule has 0 heterocycles. The Kier molecular flexibility index (Phi) is 3.28. The van der Waals surface area contributed by atoms with Crippen LogP contribution in [-0.2, 0) is 0 Å². The van der Waals surface area contributed by atoms with Crippen LogP contribution in [0.25, 0.3) is 10.8 Å². The van der Waals surface area contributed by atoms with Crippen LogP contribution in [0.2, 0.25) is 0 Å². The van der Waals surface area contributed by atoms with E-state index in [1.54, 1.807) is 7.11 Å². The number of hydrogen-bond donors (Lipinski definition) is 2. The van der Waals surface area contributed by atoms with Gasteiger partial charge in [-0.2, -0.15) is 0 Å². The van der Waals surface area contributed by atoms with Crippen LogP contribution >= 0.6 is 0 Å². The van der Waals surface area contributed by atoms with E-state index < -0.39 is 5.54 Å². The van der Waals surface area contributed by atoms with E-state index >= 15 is 0 Å². The molecule has 0 radical (unpaired) electrons. The topological polar surface area (TPSA) is 61.3 Å². The molecular formula is C15H20N2O. The van der Waals surface area contributed by atoms with Crippen molar-refractivity contribution in [1.82, 2.24) is 0 Å². The summed E-state index contributed by atoms with van der Waals surface area (Å²) in [5.74, 6) is 0.860. The summed E-state index contributed by atoms with van der Waals surface area (Å²) in [6.07, 6.45) is 0. The van der Waals surface area contributed by atoms with Crippen LogP contribution in [0, 0.1) is 0 Å². The second-order valence-electron chi connectivity index (χ2n) is 5.27. The summed E-state index contributed by atoms with van der Waals surface area (Å²) in [5, 5.41) is 2.29. The minimum atomic E-state index is -0.430. The Labute approximate surface area is 108 Å². The van der Waals surface area contributed by atoms with E-state index in [1.807, 2.05) is 38.1 Å². The van der Waals surface area contributed by atoms with Crippen molar-refractivity contribution in [2.75, 3.05) is 7.11 Å². The van der Waals surface area contributed by atoms with E-state index in [0.717, 1.165) is 22.1 Å². The highest BCUT2D eigenvalue weighted by Crippen LogP contribution is 2.26. The molecule has 2 aromatic carbocycles. The molecule has 0 fully saturated rings. The molecule has 0 aromatic heterocycles. The SMILES string of the molecule is COc1ccc2cc(C(N)C(C)(C)N)ccc2c1. The molecule has 0 bridgehead atoms. The molecule has 2 aromatic rings. The predicted molar refractivity (Wildman–Crippen MR) is 75.7 cm³/mol. The molecule has 0 saturated heterocycles. The Bertz CT molecular complexity index is 558. The van der Waals surface area contributed by atoms with E-state index in [4.69, 9.17) is 16.2 Å². The van der Waals surface area contributed by atoms with Crippen molar-refractivity contribution in [2.45, 2.75) is 25.4 Å². The van der Waals surface area contributed by atoms with E-state index in [1.165, 1.54) is 0 Å². The van der Waals surface area contributed by atoms with Gasteiger partial charge in [0, 0.05) is 11.6 Å². The van der Waals surface area contributed by atoms with Crippen molar-refractivity contribution in [3.05, 3.63) is 42.0 Å². The predicted octanol–water partition coefficient (Wildman–Crippen LogP) is 2.59. The third-order valence-electron chi connectivity index (χ3n) is 3.23. The van der Waals surface area contributed by atoms with Crippen LogP contribution in [0.4, 0.5) is 0 Å². The zero-order valence-corrected chi connectivity index (χ0v) is 11.1. The molecule has 3 nitrogen and oxygen atoms in total. The maximum absolute atomic E-state index is 6.17. The maximum atomic E-state index is 6.17. The second-order valence-corrected chi connectivity index (χ2v) is 5.27. The zero-order valence-electron chi connectivity index (χ0n) is 11.1. The smallest absolute Gasteiger partial charge is 0.119 e. The number of methoxy groups -OCH3 is 1. The van der Waals surface area contributed by atoms with Gasteiger partial charge in [-0.1, -0.05) is 18.2 Å². The molecule has 0 spiro atoms. The van der Waals surface area contributed by atoms with Gasteiger partial charge in [-0.15, -0.1) is 0 Å². The Morgan fingerprint density at radius 2 is 1.67 bits per heavy atom. The lowest BCUT2D eigenvalue weighted by Crippen LogP contribution is -2.43. The fraction of sp³-hybridized carbons (Fsp3) is 0.333. The summed E-state index contributed by atoms with van der Waals surface area (Å²) in [4.78, 5) is 0. The van der Waals surface area contributed by atoms with E-state index in [-0.39, 0.29) is 6.04 Å². The average Bonchev–Trinajstić information content (AvgIpc) is 2.35. The largest absolute Gasteiger partial charge is 0.497 e. The standard InChI is InChI=1S/C15H20N2O/c1-15(2,17)14(16)12-5-4-11-9-13(18-3)7-6-10(11)8-12/h4-9,14H,16-17H2,1-3H3. The molecule has 96 valence electrons. The third-order valence-corrected chi connectivity index (χ3v) is 3.23. The zero-order chi connectivity index (χ0) is 13.3. The normalized spacial score (nSPS) is 13.6. The van der Waals surface area contributed by atoms with Crippen LogP contribution in [0.15, 0.2) is 36.4 Å². The van der Waals surface area contributed by atoms with Gasteiger partial charge in [-0.05, 0) is 48.4 Å². The molecule has 4 N–H and O–H groups in total. The van der Waals surface area contributed by atoms with Crippen LogP contribution in [0.3, 0.4) is 0 Å². The minimum Gasteiger partial charge on any atom is -0.497 e. The average molecular weight is 244 g/mol. The first-order valence-electron chi connectivity index (χ1n) is 6.04. The monoisotopic (exact) mass is 244 g/mol. The Morgan fingerprint density at radius 1 is 1.06 bits per heavy atom. The number of ether oxygens (including phenoxy) is 1. The molecule has 0 amide bonds. The van der Waals surface area contributed by atoms with Crippen LogP contribution in [-0.4, -0.2) is 12.6 Å². The van der Waals surface area contributed by atoms with Gasteiger partial charge in [-0.3, -0.25) is 0 Å². The summed E-state index contributed by atoms with van der Waals surface area (Å²) < 4.78 is 5.21. The van der Waals surface area contributed by atoms with Crippen molar-refractivity contribution in [2.24, 2.45) is 11.5 Å². The van der Waals surface area contributed by atoms with Crippen LogP contribution in [0.1, 0.15) is 25.5 Å². The van der Waals surface area contributed by atoms with Crippen molar-refractivity contribution >= 4 is 10.8 Å². The van der Waals surface area contributed by atoms with Crippen molar-refractivity contribution in [3.8, 4) is 5.75 Å². The fourth-order valence-electron chi connectivity index (χ4n) is 1.99. The fourth-order valence-corrected chi connectivity index (χ4v) is 1.99. The first-order valence-corrected chi connectivity index (χ1v) is 6.04. The molecule has 0 aliphatic carbocycles. The highest BCUT2D eigenvalue weighted by Gasteiger charge is 2.22. The Morgan fingerprint density at radius 3 is 2.28 bits per heavy atom. The van der Waals surface area contributed by atoms with Gasteiger partial charge in [0.15, 0.2) is 0 Å². The van der Waals surface area contributed by atoms with E-state index in [0.29, 0.717) is 0 Å². The number of fused-ring (bicyclic) bond motifs is 1. The highest BCUT2D eigenvalue weighted by atomic mass is 16.5. The minimum absolute atomic E-state index is 0.177. The van der Waals surface area contributed by atoms with Gasteiger partial charge in [0.25, 0.3) is 0 Å². The molecule has 2 rings (SSSR count). The molecule has 0 aliphatic heterocycles. The summed E-state index contributed by atoms with van der Waals surface area (Å²) in [6, 6.07) is 12.0. The van der Waals surface area contributed by atoms with Crippen molar-refractivity contribution in [1.29, 1.82) is 0 Å². The van der Waals surface area contributed by atoms with Crippen LogP contribution in [0.5, 0.6) is 5.75 Å². The van der Waals surface area contributed by atoms with Gasteiger partial charge in [0.1, 0.15) is 5.75 Å². The summed E-state index contributed by atoms with van der Waals surface area (Å²) in [6.45, 7) is 3.88. The summed E-state index contributed by atoms with van der Waals surface area (Å²) in [7, 11) is 1.67. The van der Waals surface area contributed by atoms with Gasteiger partial charge in [0.2, 0.25) is 0 Å². The summed E-state index contributed by atoms with van der Waals surface area (Å²) in [5.41, 5.74) is 12.9. The molecule has 1 atom stereocenters. The van der Waals surface area contributed by atoms with Crippen molar-refractivity contribution < 1.29 is 4.74 Å². The Balaban J connectivity index is 2.45. The van der Waals surface area contributed by atoms with Crippen molar-refractivity contribution in [3.63, 3.8) is 0 Å². The first kappa shape index (κ1) is 12.9. The molecule has 0 saturated carbocycles. The van der Waals surface area contributed by atoms with Crippen LogP contribution < -0.4 is 16.2 Å².